The molecule has 146 valence electrons. The van der Waals surface area contributed by atoms with Crippen molar-refractivity contribution in [3.8, 4) is 0 Å². The maximum absolute atomic E-state index is 13.2. The fraction of sp³-hybridized carbons (Fsp3) is 0.476. The summed E-state index contributed by atoms with van der Waals surface area (Å²) in [5.41, 5.74) is 1.72. The fourth-order valence-electron chi connectivity index (χ4n) is 3.40. The molecule has 0 bridgehead atoms. The van der Waals surface area contributed by atoms with E-state index in [0.29, 0.717) is 17.7 Å². The summed E-state index contributed by atoms with van der Waals surface area (Å²) in [5.74, 6) is 1.41. The molecule has 0 unspecified atom stereocenters. The quantitative estimate of drug-likeness (QED) is 0.799. The highest BCUT2D eigenvalue weighted by Gasteiger charge is 2.35. The summed E-state index contributed by atoms with van der Waals surface area (Å²) in [6.07, 6.45) is 0.466. The number of hydrogen-bond acceptors (Lipinski definition) is 4. The van der Waals surface area contributed by atoms with Crippen LogP contribution < -0.4 is 0 Å². The third kappa shape index (κ3) is 4.61. The van der Waals surface area contributed by atoms with Crippen LogP contribution in [0.5, 0.6) is 0 Å². The minimum absolute atomic E-state index is 0.00644. The van der Waals surface area contributed by atoms with Crippen molar-refractivity contribution in [1.82, 2.24) is 4.90 Å². The standard InChI is InChI=1S/C21H27NO4S/c1-15-5-10-19(26-15)13-22(18-11-12-27(24,25)14-18)20(23)16-6-8-17(9-7-16)21(2,3)4/h5-10,18H,11-14H2,1-4H3/t18-/m0/s1. The van der Waals surface area contributed by atoms with E-state index < -0.39 is 9.84 Å². The van der Waals surface area contributed by atoms with Crippen LogP contribution in [0.4, 0.5) is 0 Å². The number of rotatable bonds is 4. The fourth-order valence-corrected chi connectivity index (χ4v) is 5.14. The van der Waals surface area contributed by atoms with Crippen molar-refractivity contribution < 1.29 is 17.6 Å². The van der Waals surface area contributed by atoms with E-state index in [1.165, 1.54) is 0 Å². The molecule has 0 aliphatic carbocycles. The van der Waals surface area contributed by atoms with Gasteiger partial charge >= 0.3 is 0 Å². The number of sulfone groups is 1. The van der Waals surface area contributed by atoms with Gasteiger partial charge in [0.15, 0.2) is 9.84 Å². The summed E-state index contributed by atoms with van der Waals surface area (Å²) < 4.78 is 29.5. The summed E-state index contributed by atoms with van der Waals surface area (Å²) in [4.78, 5) is 14.9. The molecule has 1 atom stereocenters. The van der Waals surface area contributed by atoms with Gasteiger partial charge in [0, 0.05) is 11.6 Å². The third-order valence-corrected chi connectivity index (χ3v) is 6.78. The number of carbonyl (C=O) groups excluding carboxylic acids is 1. The van der Waals surface area contributed by atoms with Crippen LogP contribution in [0.25, 0.3) is 0 Å². The van der Waals surface area contributed by atoms with E-state index >= 15 is 0 Å². The van der Waals surface area contributed by atoms with Gasteiger partial charge < -0.3 is 9.32 Å². The molecule has 5 nitrogen and oxygen atoms in total. The van der Waals surface area contributed by atoms with E-state index in [9.17, 15) is 13.2 Å². The summed E-state index contributed by atoms with van der Waals surface area (Å²) in [6.45, 7) is 8.49. The first-order valence-electron chi connectivity index (χ1n) is 9.22. The topological polar surface area (TPSA) is 67.6 Å². The van der Waals surface area contributed by atoms with Crippen LogP contribution in [0.2, 0.25) is 0 Å². The number of hydrogen-bond donors (Lipinski definition) is 0. The zero-order valence-electron chi connectivity index (χ0n) is 16.4. The molecule has 1 amide bonds. The van der Waals surface area contributed by atoms with Crippen LogP contribution in [-0.2, 0) is 21.8 Å². The van der Waals surface area contributed by atoms with Gasteiger partial charge in [0.1, 0.15) is 11.5 Å². The Morgan fingerprint density at radius 1 is 1.15 bits per heavy atom. The zero-order chi connectivity index (χ0) is 19.8. The minimum Gasteiger partial charge on any atom is -0.464 e. The van der Waals surface area contributed by atoms with Gasteiger partial charge in [-0.3, -0.25) is 4.79 Å². The first-order valence-corrected chi connectivity index (χ1v) is 11.0. The molecule has 27 heavy (non-hydrogen) atoms. The smallest absolute Gasteiger partial charge is 0.254 e. The third-order valence-electron chi connectivity index (χ3n) is 5.03. The lowest BCUT2D eigenvalue weighted by Crippen LogP contribution is -2.40. The molecule has 0 saturated carbocycles. The molecule has 1 aliphatic rings. The summed E-state index contributed by atoms with van der Waals surface area (Å²) in [6, 6.07) is 10.9. The largest absolute Gasteiger partial charge is 0.464 e. The predicted molar refractivity (Wildman–Crippen MR) is 106 cm³/mol. The van der Waals surface area contributed by atoms with Gasteiger partial charge in [-0.05, 0) is 48.6 Å². The molecule has 6 heteroatoms. The van der Waals surface area contributed by atoms with Crippen molar-refractivity contribution in [3.05, 3.63) is 59.0 Å². The molecular weight excluding hydrogens is 362 g/mol. The number of amides is 1. The van der Waals surface area contributed by atoms with Crippen molar-refractivity contribution in [2.45, 2.75) is 52.1 Å². The predicted octanol–water partition coefficient (Wildman–Crippen LogP) is 3.72. The van der Waals surface area contributed by atoms with Crippen LogP contribution >= 0.6 is 0 Å². The number of carbonyl (C=O) groups is 1. The summed E-state index contributed by atoms with van der Waals surface area (Å²) >= 11 is 0. The Morgan fingerprint density at radius 3 is 2.30 bits per heavy atom. The molecule has 2 heterocycles. The molecule has 1 saturated heterocycles. The molecular formula is C21H27NO4S. The van der Waals surface area contributed by atoms with E-state index in [1.807, 2.05) is 43.3 Å². The lowest BCUT2D eigenvalue weighted by molar-refractivity contribution is 0.0665. The van der Waals surface area contributed by atoms with E-state index in [4.69, 9.17) is 4.42 Å². The highest BCUT2D eigenvalue weighted by molar-refractivity contribution is 7.91. The van der Waals surface area contributed by atoms with Gasteiger partial charge in [-0.2, -0.15) is 0 Å². The molecule has 1 fully saturated rings. The monoisotopic (exact) mass is 389 g/mol. The summed E-state index contributed by atoms with van der Waals surface area (Å²) in [7, 11) is -3.09. The Morgan fingerprint density at radius 2 is 1.81 bits per heavy atom. The van der Waals surface area contributed by atoms with Gasteiger partial charge in [-0.25, -0.2) is 8.42 Å². The Labute approximate surface area is 161 Å². The van der Waals surface area contributed by atoms with E-state index in [2.05, 4.69) is 20.8 Å². The molecule has 0 radical (unpaired) electrons. The lowest BCUT2D eigenvalue weighted by atomic mass is 9.86. The van der Waals surface area contributed by atoms with Gasteiger partial charge in [0.05, 0.1) is 18.1 Å². The Bertz CT molecular complexity index is 920. The molecule has 3 rings (SSSR count). The van der Waals surface area contributed by atoms with E-state index in [0.717, 1.165) is 11.3 Å². The van der Waals surface area contributed by atoms with Crippen LogP contribution in [0, 0.1) is 6.92 Å². The number of furan rings is 1. The van der Waals surface area contributed by atoms with Crippen LogP contribution in [0.3, 0.4) is 0 Å². The van der Waals surface area contributed by atoms with Crippen molar-refractivity contribution in [3.63, 3.8) is 0 Å². The first-order chi connectivity index (χ1) is 12.5. The summed E-state index contributed by atoms with van der Waals surface area (Å²) in [5, 5.41) is 0. The molecule has 0 spiro atoms. The average Bonchev–Trinajstić information content (AvgIpc) is 3.16. The number of nitrogens with zero attached hydrogens (tertiary/aromatic N) is 1. The van der Waals surface area contributed by atoms with Crippen molar-refractivity contribution in [1.29, 1.82) is 0 Å². The highest BCUT2D eigenvalue weighted by atomic mass is 32.2. The van der Waals surface area contributed by atoms with Gasteiger partial charge in [-0.1, -0.05) is 32.9 Å². The van der Waals surface area contributed by atoms with E-state index in [1.54, 1.807) is 4.90 Å². The maximum Gasteiger partial charge on any atom is 0.254 e. The Balaban J connectivity index is 1.88. The van der Waals surface area contributed by atoms with Gasteiger partial charge in [0.25, 0.3) is 5.91 Å². The second kappa shape index (κ2) is 7.15. The number of aryl methyl sites for hydroxylation is 1. The Hall–Kier alpha value is -2.08. The Kier molecular flexibility index (Phi) is 5.21. The zero-order valence-corrected chi connectivity index (χ0v) is 17.2. The van der Waals surface area contributed by atoms with Crippen molar-refractivity contribution in [2.75, 3.05) is 11.5 Å². The average molecular weight is 390 g/mol. The molecule has 1 aromatic carbocycles. The normalized spacial score (nSPS) is 19.2. The van der Waals surface area contributed by atoms with Crippen molar-refractivity contribution in [2.24, 2.45) is 0 Å². The van der Waals surface area contributed by atoms with E-state index in [-0.39, 0.29) is 35.4 Å². The van der Waals surface area contributed by atoms with Crippen molar-refractivity contribution >= 4 is 15.7 Å². The molecule has 1 aliphatic heterocycles. The van der Waals surface area contributed by atoms with Crippen LogP contribution in [-0.4, -0.2) is 36.8 Å². The van der Waals surface area contributed by atoms with Gasteiger partial charge in [0.2, 0.25) is 0 Å². The maximum atomic E-state index is 13.2. The molecule has 2 aromatic rings. The molecule has 1 aromatic heterocycles. The number of benzene rings is 1. The minimum atomic E-state index is -3.09. The second-order valence-electron chi connectivity index (χ2n) is 8.33. The highest BCUT2D eigenvalue weighted by Crippen LogP contribution is 2.25. The lowest BCUT2D eigenvalue weighted by Gasteiger charge is -2.28. The first kappa shape index (κ1) is 19.7. The second-order valence-corrected chi connectivity index (χ2v) is 10.6. The molecule has 0 N–H and O–H groups in total. The van der Waals surface area contributed by atoms with Crippen LogP contribution in [0.15, 0.2) is 40.8 Å². The van der Waals surface area contributed by atoms with Gasteiger partial charge in [-0.15, -0.1) is 0 Å². The van der Waals surface area contributed by atoms with Crippen LogP contribution in [0.1, 0.15) is 54.6 Å². The SMILES string of the molecule is Cc1ccc(CN(C(=O)c2ccc(C(C)(C)C)cc2)[C@H]2CCS(=O)(=O)C2)o1.